The molecular formula is C25H28N4O4. The van der Waals surface area contributed by atoms with Gasteiger partial charge in [0.2, 0.25) is 0 Å². The lowest BCUT2D eigenvalue weighted by Gasteiger charge is -2.32. The van der Waals surface area contributed by atoms with Gasteiger partial charge in [0.05, 0.1) is 22.3 Å². The van der Waals surface area contributed by atoms with Crippen molar-refractivity contribution >= 4 is 35.1 Å². The number of para-hydroxylation sites is 1. The lowest BCUT2D eigenvalue weighted by Crippen LogP contribution is -2.43. The van der Waals surface area contributed by atoms with Crippen LogP contribution in [0.15, 0.2) is 53.6 Å². The van der Waals surface area contributed by atoms with E-state index in [1.54, 1.807) is 36.4 Å². The maximum absolute atomic E-state index is 13.9. The van der Waals surface area contributed by atoms with Crippen LogP contribution in [0.4, 0.5) is 21.9 Å². The lowest BCUT2D eigenvalue weighted by atomic mass is 9.97. The predicted octanol–water partition coefficient (Wildman–Crippen LogP) is 5.96. The largest absolute Gasteiger partial charge is 0.349 e. The molecule has 2 amide bonds. The van der Waals surface area contributed by atoms with Gasteiger partial charge in [0.15, 0.2) is 6.29 Å². The number of urea groups is 1. The molecule has 0 N–H and O–H groups in total. The average molecular weight is 449 g/mol. The van der Waals surface area contributed by atoms with Crippen molar-refractivity contribution in [3.8, 4) is 0 Å². The summed E-state index contributed by atoms with van der Waals surface area (Å²) in [6, 6.07) is 12.6. The zero-order valence-corrected chi connectivity index (χ0v) is 18.6. The smallest absolute Gasteiger partial charge is 0.296 e. The fourth-order valence-corrected chi connectivity index (χ4v) is 4.63. The number of non-ortho nitro benzene ring substituents is 1. The number of benzene rings is 2. The van der Waals surface area contributed by atoms with Gasteiger partial charge < -0.3 is 0 Å². The molecule has 2 aromatic carbocycles. The number of nitrogens with zero attached hydrogens (tertiary/aromatic N) is 4. The van der Waals surface area contributed by atoms with Crippen molar-refractivity contribution in [1.82, 2.24) is 5.01 Å². The van der Waals surface area contributed by atoms with Crippen molar-refractivity contribution in [3.63, 3.8) is 0 Å². The molecule has 172 valence electrons. The van der Waals surface area contributed by atoms with E-state index in [9.17, 15) is 19.7 Å². The Bertz CT molecular complexity index is 1040. The zero-order valence-electron chi connectivity index (χ0n) is 18.6. The molecule has 2 aromatic rings. The molecule has 1 aliphatic heterocycles. The standard InChI is InChI=1S/C25H28N4O4/c30-18-23-22-12-8-9-13-24(22)27(19-14-16-21(17-15-19)29(32)33)25(31)28(26-23)20-10-6-4-2-1-3-5-7-11-20/h8-9,12-18,20H,1-7,10-11H2. The Labute approximate surface area is 193 Å². The summed E-state index contributed by atoms with van der Waals surface area (Å²) in [5.41, 5.74) is 1.74. The van der Waals surface area contributed by atoms with E-state index in [0.717, 1.165) is 38.5 Å². The van der Waals surface area contributed by atoms with Gasteiger partial charge in [-0.3, -0.25) is 19.8 Å². The zero-order chi connectivity index (χ0) is 23.2. The van der Waals surface area contributed by atoms with Crippen LogP contribution >= 0.6 is 0 Å². The molecule has 4 rings (SSSR count). The Hall–Kier alpha value is -3.55. The third-order valence-corrected chi connectivity index (χ3v) is 6.37. The normalized spacial score (nSPS) is 18.2. The number of hydrogen-bond acceptors (Lipinski definition) is 5. The molecule has 0 unspecified atom stereocenters. The van der Waals surface area contributed by atoms with Crippen molar-refractivity contribution in [2.24, 2.45) is 5.10 Å². The van der Waals surface area contributed by atoms with Crippen LogP contribution in [-0.2, 0) is 4.79 Å². The molecule has 0 bridgehead atoms. The Balaban J connectivity index is 1.77. The highest BCUT2D eigenvalue weighted by Crippen LogP contribution is 2.35. The van der Waals surface area contributed by atoms with Gasteiger partial charge in [0, 0.05) is 17.7 Å². The van der Waals surface area contributed by atoms with Crippen LogP contribution in [-0.4, -0.2) is 34.0 Å². The maximum Gasteiger partial charge on any atom is 0.349 e. The van der Waals surface area contributed by atoms with Gasteiger partial charge >= 0.3 is 6.03 Å². The summed E-state index contributed by atoms with van der Waals surface area (Å²) in [4.78, 5) is 38.1. The molecule has 2 aliphatic rings. The topological polar surface area (TPSA) is 96.1 Å². The molecule has 1 heterocycles. The quantitative estimate of drug-likeness (QED) is 0.327. The highest BCUT2D eigenvalue weighted by atomic mass is 16.6. The first-order valence-corrected chi connectivity index (χ1v) is 11.6. The first kappa shape index (κ1) is 22.6. The number of nitro groups is 1. The molecule has 0 spiro atoms. The molecular weight excluding hydrogens is 420 g/mol. The number of amides is 2. The van der Waals surface area contributed by atoms with E-state index in [-0.39, 0.29) is 23.5 Å². The first-order valence-electron chi connectivity index (χ1n) is 11.6. The van der Waals surface area contributed by atoms with E-state index in [4.69, 9.17) is 0 Å². The van der Waals surface area contributed by atoms with Crippen molar-refractivity contribution in [3.05, 3.63) is 64.2 Å². The van der Waals surface area contributed by atoms with Crippen LogP contribution in [0.5, 0.6) is 0 Å². The summed E-state index contributed by atoms with van der Waals surface area (Å²) < 4.78 is 0. The molecule has 0 saturated heterocycles. The summed E-state index contributed by atoms with van der Waals surface area (Å²) >= 11 is 0. The summed E-state index contributed by atoms with van der Waals surface area (Å²) in [7, 11) is 0. The first-order chi connectivity index (χ1) is 16.1. The Morgan fingerprint density at radius 3 is 2.12 bits per heavy atom. The minimum atomic E-state index is -0.470. The Morgan fingerprint density at radius 1 is 0.909 bits per heavy atom. The highest BCUT2D eigenvalue weighted by molar-refractivity contribution is 6.38. The third-order valence-electron chi connectivity index (χ3n) is 6.37. The third kappa shape index (κ3) is 4.94. The fourth-order valence-electron chi connectivity index (χ4n) is 4.63. The van der Waals surface area contributed by atoms with Crippen LogP contribution in [0.25, 0.3) is 0 Å². The lowest BCUT2D eigenvalue weighted by molar-refractivity contribution is -0.384. The van der Waals surface area contributed by atoms with Gasteiger partial charge in [-0.05, 0) is 31.0 Å². The van der Waals surface area contributed by atoms with Gasteiger partial charge in [-0.15, -0.1) is 0 Å². The second kappa shape index (κ2) is 10.4. The van der Waals surface area contributed by atoms with E-state index in [1.807, 2.05) is 0 Å². The number of hydrogen-bond donors (Lipinski definition) is 0. The number of hydrazone groups is 1. The second-order valence-electron chi connectivity index (χ2n) is 8.56. The molecule has 8 nitrogen and oxygen atoms in total. The van der Waals surface area contributed by atoms with E-state index in [0.29, 0.717) is 23.2 Å². The number of fused-ring (bicyclic) bond motifs is 1. The van der Waals surface area contributed by atoms with E-state index in [1.165, 1.54) is 41.3 Å². The second-order valence-corrected chi connectivity index (χ2v) is 8.56. The predicted molar refractivity (Wildman–Crippen MR) is 127 cm³/mol. The fraction of sp³-hybridized carbons (Fsp3) is 0.400. The van der Waals surface area contributed by atoms with Crippen LogP contribution < -0.4 is 4.90 Å². The van der Waals surface area contributed by atoms with Crippen LogP contribution in [0.3, 0.4) is 0 Å². The van der Waals surface area contributed by atoms with Crippen LogP contribution in [0.1, 0.15) is 63.4 Å². The van der Waals surface area contributed by atoms with Gasteiger partial charge in [0.25, 0.3) is 5.69 Å². The van der Waals surface area contributed by atoms with Gasteiger partial charge in [-0.2, -0.15) is 5.10 Å². The van der Waals surface area contributed by atoms with E-state index < -0.39 is 4.92 Å². The summed E-state index contributed by atoms with van der Waals surface area (Å²) in [5.74, 6) is 0. The molecule has 0 atom stereocenters. The van der Waals surface area contributed by atoms with Crippen molar-refractivity contribution < 1.29 is 14.5 Å². The minimum absolute atomic E-state index is 0.0525. The summed E-state index contributed by atoms with van der Waals surface area (Å²) in [6.07, 6.45) is 10.2. The summed E-state index contributed by atoms with van der Waals surface area (Å²) in [5, 5.41) is 17.2. The van der Waals surface area contributed by atoms with Gasteiger partial charge in [-0.25, -0.2) is 9.80 Å². The number of nitro benzene ring substituents is 1. The number of anilines is 2. The SMILES string of the molecule is O=CC1=NN(C2CCCCCCCCC2)C(=O)N(c2ccc([N+](=O)[O-])cc2)c2ccccc21. The Kier molecular flexibility index (Phi) is 7.12. The van der Waals surface area contributed by atoms with Crippen molar-refractivity contribution in [1.29, 1.82) is 0 Å². The average Bonchev–Trinajstić information content (AvgIpc) is 2.96. The van der Waals surface area contributed by atoms with Gasteiger partial charge in [0.1, 0.15) is 5.71 Å². The van der Waals surface area contributed by atoms with Crippen LogP contribution in [0, 0.1) is 10.1 Å². The number of rotatable bonds is 4. The Morgan fingerprint density at radius 2 is 1.52 bits per heavy atom. The highest BCUT2D eigenvalue weighted by Gasteiger charge is 2.34. The monoisotopic (exact) mass is 448 g/mol. The van der Waals surface area contributed by atoms with Crippen LogP contribution in [0.2, 0.25) is 0 Å². The molecule has 1 fully saturated rings. The summed E-state index contributed by atoms with van der Waals surface area (Å²) in [6.45, 7) is 0. The van der Waals surface area contributed by atoms with Gasteiger partial charge in [-0.1, -0.05) is 63.1 Å². The minimum Gasteiger partial charge on any atom is -0.296 e. The maximum atomic E-state index is 13.9. The molecule has 8 heteroatoms. The molecule has 1 aliphatic carbocycles. The van der Waals surface area contributed by atoms with E-state index in [2.05, 4.69) is 5.10 Å². The molecule has 33 heavy (non-hydrogen) atoms. The molecule has 1 saturated carbocycles. The van der Waals surface area contributed by atoms with Crippen molar-refractivity contribution in [2.45, 2.75) is 63.8 Å². The molecule has 0 radical (unpaired) electrons. The number of carbonyl (C=O) groups excluding carboxylic acids is 2. The molecule has 0 aromatic heterocycles. The number of carbonyl (C=O) groups is 2. The number of aldehydes is 1. The van der Waals surface area contributed by atoms with Crippen molar-refractivity contribution in [2.75, 3.05) is 4.90 Å². The van der Waals surface area contributed by atoms with E-state index >= 15 is 0 Å².